The van der Waals surface area contributed by atoms with E-state index in [1.54, 1.807) is 32.0 Å². The maximum absolute atomic E-state index is 13.2. The van der Waals surface area contributed by atoms with Crippen LogP contribution < -0.4 is 4.74 Å². The summed E-state index contributed by atoms with van der Waals surface area (Å²) in [5.74, 6) is -2.48. The number of phenolic OH excluding ortho intramolecular Hbond substituents is 1. The monoisotopic (exact) mass is 447 g/mol. The highest BCUT2D eigenvalue weighted by atomic mass is 16.5. The SMILES string of the molecule is CCN1C(=O)C2CC=C3C(c4ccc(OC)c(O)c4)C4=C(CC3C2C1=O)C(=O)C(C)=CC4=O. The zero-order chi connectivity index (χ0) is 23.6. The number of nitrogens with zero attached hydrogens (tertiary/aromatic N) is 1. The molecule has 4 aliphatic rings. The molecule has 0 radical (unpaired) electrons. The van der Waals surface area contributed by atoms with Gasteiger partial charge in [-0.2, -0.15) is 0 Å². The summed E-state index contributed by atoms with van der Waals surface area (Å²) in [6.07, 6.45) is 4.01. The molecule has 0 bridgehead atoms. The number of hydrogen-bond acceptors (Lipinski definition) is 6. The van der Waals surface area contributed by atoms with Crippen LogP contribution >= 0.6 is 0 Å². The van der Waals surface area contributed by atoms with E-state index >= 15 is 0 Å². The smallest absolute Gasteiger partial charge is 0.233 e. The number of hydrogen-bond donors (Lipinski definition) is 1. The average molecular weight is 447 g/mol. The minimum atomic E-state index is -0.573. The maximum Gasteiger partial charge on any atom is 0.233 e. The van der Waals surface area contributed by atoms with Gasteiger partial charge in [0.15, 0.2) is 23.1 Å². The highest BCUT2D eigenvalue weighted by molar-refractivity contribution is 6.23. The molecule has 4 unspecified atom stereocenters. The lowest BCUT2D eigenvalue weighted by atomic mass is 9.59. The van der Waals surface area contributed by atoms with Gasteiger partial charge in [-0.25, -0.2) is 0 Å². The Hall–Kier alpha value is -3.48. The minimum Gasteiger partial charge on any atom is -0.504 e. The summed E-state index contributed by atoms with van der Waals surface area (Å²) < 4.78 is 5.16. The molecule has 7 nitrogen and oxygen atoms in total. The molecular formula is C26H25NO6. The fraction of sp³-hybridized carbons (Fsp3) is 0.385. The summed E-state index contributed by atoms with van der Waals surface area (Å²) in [4.78, 5) is 53.7. The van der Waals surface area contributed by atoms with Gasteiger partial charge < -0.3 is 9.84 Å². The Kier molecular flexibility index (Phi) is 4.88. The largest absolute Gasteiger partial charge is 0.504 e. The number of carbonyl (C=O) groups is 4. The molecule has 1 fully saturated rings. The van der Waals surface area contributed by atoms with Gasteiger partial charge in [-0.3, -0.25) is 24.1 Å². The zero-order valence-electron chi connectivity index (χ0n) is 18.8. The van der Waals surface area contributed by atoms with Crippen LogP contribution in [0.2, 0.25) is 0 Å². The normalized spacial score (nSPS) is 28.9. The predicted molar refractivity (Wildman–Crippen MR) is 118 cm³/mol. The molecular weight excluding hydrogens is 422 g/mol. The third-order valence-electron chi connectivity index (χ3n) is 7.51. The van der Waals surface area contributed by atoms with Gasteiger partial charge in [-0.15, -0.1) is 0 Å². The number of carbonyl (C=O) groups excluding carboxylic acids is 4. The van der Waals surface area contributed by atoms with Crippen molar-refractivity contribution < 1.29 is 29.0 Å². The van der Waals surface area contributed by atoms with Crippen LogP contribution in [0.5, 0.6) is 11.5 Å². The summed E-state index contributed by atoms with van der Waals surface area (Å²) in [6, 6.07) is 4.94. The first kappa shape index (κ1) is 21.4. The molecule has 1 aliphatic heterocycles. The van der Waals surface area contributed by atoms with E-state index in [9.17, 15) is 24.3 Å². The molecule has 4 atom stereocenters. The zero-order valence-corrected chi connectivity index (χ0v) is 18.8. The van der Waals surface area contributed by atoms with Crippen molar-refractivity contribution in [2.24, 2.45) is 17.8 Å². The number of fused-ring (bicyclic) bond motifs is 3. The van der Waals surface area contributed by atoms with Crippen LogP contribution in [0.3, 0.4) is 0 Å². The Morgan fingerprint density at radius 2 is 1.88 bits per heavy atom. The third-order valence-corrected chi connectivity index (χ3v) is 7.51. The molecule has 170 valence electrons. The fourth-order valence-corrected chi connectivity index (χ4v) is 6.02. The van der Waals surface area contributed by atoms with Crippen molar-refractivity contribution in [2.45, 2.75) is 32.6 Å². The second kappa shape index (κ2) is 7.54. The van der Waals surface area contributed by atoms with E-state index in [-0.39, 0.29) is 41.5 Å². The van der Waals surface area contributed by atoms with Crippen LogP contribution in [0.4, 0.5) is 0 Å². The molecule has 3 aliphatic carbocycles. The summed E-state index contributed by atoms with van der Waals surface area (Å²) in [5.41, 5.74) is 2.71. The summed E-state index contributed by atoms with van der Waals surface area (Å²) in [7, 11) is 1.45. The first-order chi connectivity index (χ1) is 15.8. The molecule has 2 amide bonds. The molecule has 0 spiro atoms. The summed E-state index contributed by atoms with van der Waals surface area (Å²) >= 11 is 0. The van der Waals surface area contributed by atoms with Crippen LogP contribution in [-0.4, -0.2) is 47.0 Å². The van der Waals surface area contributed by atoms with Crippen molar-refractivity contribution >= 4 is 23.4 Å². The van der Waals surface area contributed by atoms with Crippen LogP contribution in [0, 0.1) is 17.8 Å². The lowest BCUT2D eigenvalue weighted by molar-refractivity contribution is -0.139. The number of Topliss-reactive ketones (excluding diaryl/α,β-unsaturated/α-hetero) is 1. The van der Waals surface area contributed by atoms with Gasteiger partial charge in [0.1, 0.15) is 0 Å². The Morgan fingerprint density at radius 1 is 1.12 bits per heavy atom. The number of ether oxygens (including phenoxy) is 1. The molecule has 1 saturated heterocycles. The van der Waals surface area contributed by atoms with Crippen molar-refractivity contribution in [3.63, 3.8) is 0 Å². The van der Waals surface area contributed by atoms with Crippen molar-refractivity contribution in [1.82, 2.24) is 4.90 Å². The molecule has 5 rings (SSSR count). The number of amides is 2. The molecule has 7 heteroatoms. The second-order valence-corrected chi connectivity index (χ2v) is 9.08. The number of likely N-dealkylation sites (tertiary alicyclic amines) is 1. The molecule has 1 aromatic carbocycles. The number of phenols is 1. The van der Waals surface area contributed by atoms with Crippen LogP contribution in [0.1, 0.15) is 38.2 Å². The summed E-state index contributed by atoms with van der Waals surface area (Å²) in [5, 5.41) is 10.4. The number of ketones is 2. The number of imide groups is 1. The van der Waals surface area contributed by atoms with Gasteiger partial charge in [0.2, 0.25) is 11.8 Å². The van der Waals surface area contributed by atoms with E-state index in [1.165, 1.54) is 18.1 Å². The topological polar surface area (TPSA) is 101 Å². The maximum atomic E-state index is 13.2. The van der Waals surface area contributed by atoms with Gasteiger partial charge >= 0.3 is 0 Å². The molecule has 0 saturated carbocycles. The summed E-state index contributed by atoms with van der Waals surface area (Å²) in [6.45, 7) is 3.72. The molecule has 1 N–H and O–H groups in total. The van der Waals surface area contributed by atoms with Gasteiger partial charge in [0, 0.05) is 29.2 Å². The minimum absolute atomic E-state index is 0.0702. The predicted octanol–water partition coefficient (Wildman–Crippen LogP) is 2.85. The second-order valence-electron chi connectivity index (χ2n) is 9.08. The Labute approximate surface area is 191 Å². The number of benzene rings is 1. The number of rotatable bonds is 3. The molecule has 1 aromatic rings. The number of methoxy groups -OCH3 is 1. The highest BCUT2D eigenvalue weighted by Crippen LogP contribution is 2.55. The van der Waals surface area contributed by atoms with E-state index in [2.05, 4.69) is 0 Å². The van der Waals surface area contributed by atoms with Gasteiger partial charge in [0.05, 0.1) is 18.9 Å². The highest BCUT2D eigenvalue weighted by Gasteiger charge is 2.55. The quantitative estimate of drug-likeness (QED) is 0.434. The van der Waals surface area contributed by atoms with E-state index in [0.717, 1.165) is 5.57 Å². The van der Waals surface area contributed by atoms with Crippen LogP contribution in [-0.2, 0) is 19.2 Å². The first-order valence-corrected chi connectivity index (χ1v) is 11.2. The Bertz CT molecular complexity index is 1220. The van der Waals surface area contributed by atoms with E-state index < -0.39 is 17.8 Å². The van der Waals surface area contributed by atoms with Gasteiger partial charge in [-0.05, 0) is 56.4 Å². The molecule has 1 heterocycles. The number of allylic oxidation sites excluding steroid dienone is 6. The van der Waals surface area contributed by atoms with Gasteiger partial charge in [0.25, 0.3) is 0 Å². The number of aromatic hydroxyl groups is 1. The van der Waals surface area contributed by atoms with Crippen LogP contribution in [0.15, 0.2) is 52.6 Å². The molecule has 0 aromatic heterocycles. The molecule has 33 heavy (non-hydrogen) atoms. The van der Waals surface area contributed by atoms with Gasteiger partial charge in [-0.1, -0.05) is 17.7 Å². The van der Waals surface area contributed by atoms with E-state index in [4.69, 9.17) is 4.74 Å². The fourth-order valence-electron chi connectivity index (χ4n) is 6.02. The lowest BCUT2D eigenvalue weighted by Gasteiger charge is -2.42. The van der Waals surface area contributed by atoms with Crippen LogP contribution in [0.25, 0.3) is 0 Å². The third kappa shape index (κ3) is 2.95. The van der Waals surface area contributed by atoms with E-state index in [0.29, 0.717) is 41.0 Å². The van der Waals surface area contributed by atoms with Crippen molar-refractivity contribution in [3.05, 3.63) is 58.2 Å². The Balaban J connectivity index is 1.70. The first-order valence-electron chi connectivity index (χ1n) is 11.2. The van der Waals surface area contributed by atoms with Crippen molar-refractivity contribution in [1.29, 1.82) is 0 Å². The standard InChI is InChI=1S/C26H25NO6/c1-4-27-25(31)15-7-6-14-16(22(15)26(27)32)11-17-23(19(29)9-12(2)24(17)30)21(14)13-5-8-20(33-3)18(28)10-13/h5-6,8-10,15-16,21-22,28H,4,7,11H2,1-3H3. The Morgan fingerprint density at radius 3 is 2.55 bits per heavy atom. The van der Waals surface area contributed by atoms with Crippen molar-refractivity contribution in [2.75, 3.05) is 13.7 Å². The van der Waals surface area contributed by atoms with Crippen molar-refractivity contribution in [3.8, 4) is 11.5 Å². The lowest BCUT2D eigenvalue weighted by Crippen LogP contribution is -2.39. The average Bonchev–Trinajstić information content (AvgIpc) is 3.05. The van der Waals surface area contributed by atoms with E-state index in [1.807, 2.05) is 6.08 Å².